The van der Waals surface area contributed by atoms with Gasteiger partial charge in [0.1, 0.15) is 12.4 Å². The fourth-order valence-corrected chi connectivity index (χ4v) is 2.29. The monoisotopic (exact) mass is 319 g/mol. The lowest BCUT2D eigenvalue weighted by molar-refractivity contribution is 0.306. The summed E-state index contributed by atoms with van der Waals surface area (Å²) in [4.78, 5) is 0. The largest absolute Gasteiger partial charge is 0.489 e. The predicted octanol–water partition coefficient (Wildman–Crippen LogP) is 4.44. The summed E-state index contributed by atoms with van der Waals surface area (Å²) in [5.74, 6) is 0.868. The van der Waals surface area contributed by atoms with Gasteiger partial charge in [0.15, 0.2) is 0 Å². The Kier molecular flexibility index (Phi) is 5.00. The molecule has 3 heteroatoms. The average Bonchev–Trinajstić information content (AvgIpc) is 2.45. The maximum absolute atomic E-state index is 5.98. The first-order chi connectivity index (χ1) is 9.19. The van der Waals surface area contributed by atoms with E-state index < -0.39 is 0 Å². The van der Waals surface area contributed by atoms with Gasteiger partial charge in [0.25, 0.3) is 0 Å². The van der Waals surface area contributed by atoms with E-state index in [2.05, 4.69) is 28.9 Å². The van der Waals surface area contributed by atoms with Gasteiger partial charge in [-0.2, -0.15) is 0 Å². The first-order valence-electron chi connectivity index (χ1n) is 6.42. The normalized spacial score (nSPS) is 12.2. The molecule has 0 radical (unpaired) electrons. The molecule has 0 fully saturated rings. The van der Waals surface area contributed by atoms with Gasteiger partial charge in [0.2, 0.25) is 0 Å². The second-order valence-electron chi connectivity index (χ2n) is 4.50. The van der Waals surface area contributed by atoms with E-state index in [1.54, 1.807) is 0 Å². The molecule has 0 saturated heterocycles. The quantitative estimate of drug-likeness (QED) is 0.884. The van der Waals surface area contributed by atoms with Crippen molar-refractivity contribution in [3.8, 4) is 5.75 Å². The minimum atomic E-state index is 0.110. The molecule has 2 N–H and O–H groups in total. The molecule has 0 aliphatic carbocycles. The minimum Gasteiger partial charge on any atom is -0.489 e. The van der Waals surface area contributed by atoms with Gasteiger partial charge in [-0.25, -0.2) is 0 Å². The summed E-state index contributed by atoms with van der Waals surface area (Å²) in [6.45, 7) is 2.65. The van der Waals surface area contributed by atoms with Crippen LogP contribution in [0.3, 0.4) is 0 Å². The van der Waals surface area contributed by atoms with Crippen LogP contribution in [0.25, 0.3) is 0 Å². The summed E-state index contributed by atoms with van der Waals surface area (Å²) in [6, 6.07) is 16.2. The van der Waals surface area contributed by atoms with Crippen molar-refractivity contribution in [3.05, 3.63) is 64.1 Å². The molecule has 1 atom stereocenters. The molecule has 19 heavy (non-hydrogen) atoms. The van der Waals surface area contributed by atoms with Crippen molar-refractivity contribution in [2.75, 3.05) is 0 Å². The molecule has 2 rings (SSSR count). The Morgan fingerprint density at radius 2 is 1.89 bits per heavy atom. The van der Waals surface area contributed by atoms with Crippen LogP contribution in [-0.2, 0) is 6.61 Å². The van der Waals surface area contributed by atoms with Gasteiger partial charge in [0, 0.05) is 10.5 Å². The lowest BCUT2D eigenvalue weighted by Gasteiger charge is -2.11. The van der Waals surface area contributed by atoms with Crippen molar-refractivity contribution in [3.63, 3.8) is 0 Å². The fraction of sp³-hybridized carbons (Fsp3) is 0.250. The number of hydrogen-bond donors (Lipinski definition) is 1. The molecular weight excluding hydrogens is 302 g/mol. The van der Waals surface area contributed by atoms with Crippen LogP contribution < -0.4 is 10.5 Å². The Bertz CT molecular complexity index is 525. The van der Waals surface area contributed by atoms with Crippen molar-refractivity contribution >= 4 is 15.9 Å². The Labute approximate surface area is 122 Å². The van der Waals surface area contributed by atoms with Crippen LogP contribution >= 0.6 is 15.9 Å². The van der Waals surface area contributed by atoms with E-state index in [1.807, 2.05) is 42.5 Å². The number of nitrogens with two attached hydrogens (primary N) is 1. The van der Waals surface area contributed by atoms with Crippen LogP contribution in [-0.4, -0.2) is 0 Å². The smallest absolute Gasteiger partial charge is 0.119 e. The van der Waals surface area contributed by atoms with E-state index in [1.165, 1.54) is 0 Å². The molecule has 0 bridgehead atoms. The zero-order valence-electron chi connectivity index (χ0n) is 11.0. The van der Waals surface area contributed by atoms with E-state index in [0.29, 0.717) is 6.61 Å². The number of ether oxygens (including phenoxy) is 1. The van der Waals surface area contributed by atoms with Crippen molar-refractivity contribution in [1.82, 2.24) is 0 Å². The van der Waals surface area contributed by atoms with Gasteiger partial charge in [-0.1, -0.05) is 47.1 Å². The third-order valence-corrected chi connectivity index (χ3v) is 3.54. The molecule has 100 valence electrons. The Balaban J connectivity index is 1.96. The summed E-state index contributed by atoms with van der Waals surface area (Å²) in [5.41, 5.74) is 8.27. The maximum atomic E-state index is 5.98. The summed E-state index contributed by atoms with van der Waals surface area (Å²) >= 11 is 3.45. The molecule has 0 spiro atoms. The van der Waals surface area contributed by atoms with Gasteiger partial charge in [0.05, 0.1) is 0 Å². The molecule has 0 amide bonds. The Hall–Kier alpha value is -1.32. The highest BCUT2D eigenvalue weighted by Gasteiger charge is 2.03. The molecule has 2 aromatic carbocycles. The van der Waals surface area contributed by atoms with Crippen LogP contribution in [0.1, 0.15) is 30.5 Å². The second kappa shape index (κ2) is 6.73. The van der Waals surface area contributed by atoms with Crippen molar-refractivity contribution in [2.45, 2.75) is 26.0 Å². The third kappa shape index (κ3) is 4.08. The molecule has 0 aromatic heterocycles. The molecule has 2 aromatic rings. The molecule has 2 nitrogen and oxygen atoms in total. The molecule has 0 aliphatic rings. The van der Waals surface area contributed by atoms with Crippen molar-refractivity contribution in [1.29, 1.82) is 0 Å². The van der Waals surface area contributed by atoms with Crippen LogP contribution in [0.2, 0.25) is 0 Å². The van der Waals surface area contributed by atoms with Gasteiger partial charge in [-0.3, -0.25) is 0 Å². The second-order valence-corrected chi connectivity index (χ2v) is 5.42. The lowest BCUT2D eigenvalue weighted by Crippen LogP contribution is -2.08. The van der Waals surface area contributed by atoms with Gasteiger partial charge in [-0.15, -0.1) is 0 Å². The van der Waals surface area contributed by atoms with E-state index in [0.717, 1.165) is 27.8 Å². The highest BCUT2D eigenvalue weighted by molar-refractivity contribution is 9.10. The molecule has 0 saturated carbocycles. The van der Waals surface area contributed by atoms with Gasteiger partial charge in [-0.05, 0) is 41.8 Å². The van der Waals surface area contributed by atoms with E-state index >= 15 is 0 Å². The van der Waals surface area contributed by atoms with E-state index in [-0.39, 0.29) is 6.04 Å². The first-order valence-corrected chi connectivity index (χ1v) is 7.21. The van der Waals surface area contributed by atoms with E-state index in [9.17, 15) is 0 Å². The third-order valence-electron chi connectivity index (χ3n) is 3.04. The van der Waals surface area contributed by atoms with Gasteiger partial charge < -0.3 is 10.5 Å². The Morgan fingerprint density at radius 3 is 2.53 bits per heavy atom. The maximum Gasteiger partial charge on any atom is 0.119 e. The highest BCUT2D eigenvalue weighted by Crippen LogP contribution is 2.19. The van der Waals surface area contributed by atoms with Crippen molar-refractivity contribution in [2.24, 2.45) is 5.73 Å². The van der Waals surface area contributed by atoms with Crippen LogP contribution in [0.4, 0.5) is 0 Å². The Morgan fingerprint density at radius 1 is 1.16 bits per heavy atom. The summed E-state index contributed by atoms with van der Waals surface area (Å²) in [5, 5.41) is 0. The van der Waals surface area contributed by atoms with Crippen LogP contribution in [0.5, 0.6) is 5.75 Å². The zero-order chi connectivity index (χ0) is 13.7. The molecule has 0 heterocycles. The number of hydrogen-bond acceptors (Lipinski definition) is 2. The van der Waals surface area contributed by atoms with Gasteiger partial charge >= 0.3 is 0 Å². The van der Waals surface area contributed by atoms with Crippen LogP contribution in [0, 0.1) is 0 Å². The standard InChI is InChI=1S/C16H18BrNO/c1-2-16(18)13-6-8-15(9-7-13)19-11-12-4-3-5-14(17)10-12/h3-10,16H,2,11,18H2,1H3/t16-/m1/s1. The van der Waals surface area contributed by atoms with E-state index in [4.69, 9.17) is 10.5 Å². The zero-order valence-corrected chi connectivity index (χ0v) is 12.6. The summed E-state index contributed by atoms with van der Waals surface area (Å²) in [7, 11) is 0. The highest BCUT2D eigenvalue weighted by atomic mass is 79.9. The number of halogens is 1. The SMILES string of the molecule is CC[C@@H](N)c1ccc(OCc2cccc(Br)c2)cc1. The lowest BCUT2D eigenvalue weighted by atomic mass is 10.1. The fourth-order valence-electron chi connectivity index (χ4n) is 1.84. The summed E-state index contributed by atoms with van der Waals surface area (Å²) in [6.07, 6.45) is 0.943. The first kappa shape index (κ1) is 14.1. The predicted molar refractivity (Wildman–Crippen MR) is 82.1 cm³/mol. The molecular formula is C16H18BrNO. The topological polar surface area (TPSA) is 35.2 Å². The minimum absolute atomic E-state index is 0.110. The van der Waals surface area contributed by atoms with Crippen molar-refractivity contribution < 1.29 is 4.74 Å². The molecule has 0 aliphatic heterocycles. The van der Waals surface area contributed by atoms with Crippen LogP contribution in [0.15, 0.2) is 53.0 Å². The average molecular weight is 320 g/mol. The summed E-state index contributed by atoms with van der Waals surface area (Å²) < 4.78 is 6.82. The number of benzene rings is 2. The molecule has 0 unspecified atom stereocenters. The number of rotatable bonds is 5.